The Hall–Kier alpha value is -2.71. The average Bonchev–Trinajstić information content (AvgIpc) is 3.06. The number of nitrogens with one attached hydrogen (secondary N) is 1. The molecule has 0 atom stereocenters. The minimum Gasteiger partial charge on any atom is -0.463 e. The highest BCUT2D eigenvalue weighted by Crippen LogP contribution is 2.43. The van der Waals surface area contributed by atoms with Gasteiger partial charge in [0.05, 0.1) is 40.3 Å². The number of benzene rings is 1. The molecule has 2 aliphatic rings. The molecule has 2 heterocycles. The minimum atomic E-state index is -0.736. The first-order chi connectivity index (χ1) is 16.0. The Morgan fingerprint density at radius 2 is 1.44 bits per heavy atom. The molecule has 0 bridgehead atoms. The van der Waals surface area contributed by atoms with Gasteiger partial charge in [0, 0.05) is 38.6 Å². The fraction of sp³-hybridized carbons (Fsp3) is 0.458. The molecule has 3 rings (SSSR count). The van der Waals surface area contributed by atoms with Crippen molar-refractivity contribution in [3.05, 3.63) is 56.3 Å². The highest BCUT2D eigenvalue weighted by atomic mass is 35.5. The number of nitrogens with zero attached hydrogens (tertiary/aromatic N) is 2. The summed E-state index contributed by atoms with van der Waals surface area (Å²) in [7, 11) is 3.62. The maximum Gasteiger partial charge on any atom is 0.336 e. The van der Waals surface area contributed by atoms with E-state index in [9.17, 15) is 14.4 Å². The molecule has 0 unspecified atom stereocenters. The molecule has 2 amide bonds. The lowest BCUT2D eigenvalue weighted by molar-refractivity contribution is -0.139. The number of amides is 2. The predicted molar refractivity (Wildman–Crippen MR) is 132 cm³/mol. The van der Waals surface area contributed by atoms with E-state index in [1.165, 1.54) is 0 Å². The summed E-state index contributed by atoms with van der Waals surface area (Å²) in [6.07, 6.45) is 0. The minimum absolute atomic E-state index is 0.130. The van der Waals surface area contributed by atoms with Gasteiger partial charge in [-0.25, -0.2) is 14.4 Å². The Balaban J connectivity index is 0.000000430. The van der Waals surface area contributed by atoms with Crippen molar-refractivity contribution in [2.45, 2.75) is 33.6 Å². The average molecular weight is 512 g/mol. The summed E-state index contributed by atoms with van der Waals surface area (Å²) < 4.78 is 10.4. The molecule has 1 aromatic rings. The predicted octanol–water partition coefficient (Wildman–Crippen LogP) is 4.34. The number of carbonyl (C=O) groups excluding carboxylic acids is 3. The first kappa shape index (κ1) is 27.5. The van der Waals surface area contributed by atoms with E-state index in [1.807, 2.05) is 14.1 Å². The Labute approximate surface area is 210 Å². The maximum absolute atomic E-state index is 12.7. The molecule has 1 aromatic carbocycles. The van der Waals surface area contributed by atoms with E-state index in [2.05, 4.69) is 5.32 Å². The third-order valence-corrected chi connectivity index (χ3v) is 6.30. The highest BCUT2D eigenvalue weighted by Gasteiger charge is 2.39. The molecular formula is C24H31Cl2N3O5. The molecule has 1 saturated heterocycles. The zero-order valence-electron chi connectivity index (χ0n) is 20.3. The second kappa shape index (κ2) is 12.1. The van der Waals surface area contributed by atoms with Crippen LogP contribution in [0.15, 0.2) is 40.7 Å². The number of rotatable bonds is 5. The van der Waals surface area contributed by atoms with Gasteiger partial charge in [0.2, 0.25) is 0 Å². The van der Waals surface area contributed by atoms with Gasteiger partial charge in [-0.05, 0) is 39.3 Å². The van der Waals surface area contributed by atoms with E-state index in [0.717, 1.165) is 13.1 Å². The van der Waals surface area contributed by atoms with Gasteiger partial charge >= 0.3 is 18.0 Å². The molecule has 8 nitrogen and oxygen atoms in total. The Kier molecular flexibility index (Phi) is 9.82. The highest BCUT2D eigenvalue weighted by molar-refractivity contribution is 6.42. The fourth-order valence-electron chi connectivity index (χ4n) is 3.79. The molecule has 10 heteroatoms. The van der Waals surface area contributed by atoms with Crippen molar-refractivity contribution in [1.29, 1.82) is 0 Å². The van der Waals surface area contributed by atoms with E-state index in [-0.39, 0.29) is 24.3 Å². The number of hydrogen-bond donors (Lipinski definition) is 1. The summed E-state index contributed by atoms with van der Waals surface area (Å²) in [5.41, 5.74) is 2.35. The topological polar surface area (TPSA) is 88.2 Å². The Morgan fingerprint density at radius 3 is 1.82 bits per heavy atom. The number of urea groups is 1. The largest absolute Gasteiger partial charge is 0.463 e. The first-order valence-electron chi connectivity index (χ1n) is 11.0. The van der Waals surface area contributed by atoms with Crippen molar-refractivity contribution in [1.82, 2.24) is 15.1 Å². The van der Waals surface area contributed by atoms with Crippen molar-refractivity contribution >= 4 is 41.2 Å². The summed E-state index contributed by atoms with van der Waals surface area (Å²) in [5, 5.41) is 3.69. The lowest BCUT2D eigenvalue weighted by Gasteiger charge is -2.31. The normalized spacial score (nSPS) is 16.3. The van der Waals surface area contributed by atoms with Gasteiger partial charge in [0.1, 0.15) is 0 Å². The number of esters is 2. The number of carbonyl (C=O) groups is 3. The van der Waals surface area contributed by atoms with Gasteiger partial charge < -0.3 is 24.6 Å². The number of likely N-dealkylation sites (N-methyl/N-ethyl adjacent to an activating group) is 2. The molecule has 34 heavy (non-hydrogen) atoms. The van der Waals surface area contributed by atoms with Crippen LogP contribution in [0.5, 0.6) is 0 Å². The van der Waals surface area contributed by atoms with Crippen LogP contribution in [0.4, 0.5) is 4.79 Å². The van der Waals surface area contributed by atoms with Crippen LogP contribution in [-0.2, 0) is 19.1 Å². The number of allylic oxidation sites excluding steroid dienone is 2. The number of ether oxygens (including phenoxy) is 2. The summed E-state index contributed by atoms with van der Waals surface area (Å²) in [6, 6.07) is 5.24. The second-order valence-electron chi connectivity index (χ2n) is 7.85. The number of hydrogen-bond acceptors (Lipinski definition) is 6. The number of dihydropyridines is 1. The van der Waals surface area contributed by atoms with Gasteiger partial charge in [-0.3, -0.25) is 0 Å². The van der Waals surface area contributed by atoms with Gasteiger partial charge in [-0.2, -0.15) is 0 Å². The van der Waals surface area contributed by atoms with E-state index in [0.29, 0.717) is 33.1 Å². The van der Waals surface area contributed by atoms with Crippen molar-refractivity contribution in [3.63, 3.8) is 0 Å². The summed E-state index contributed by atoms with van der Waals surface area (Å²) in [6.45, 7) is 9.11. The summed E-state index contributed by atoms with van der Waals surface area (Å²) in [5.74, 6) is -1.78. The van der Waals surface area contributed by atoms with Gasteiger partial charge in [-0.1, -0.05) is 35.3 Å². The quantitative estimate of drug-likeness (QED) is 0.591. The van der Waals surface area contributed by atoms with Crippen molar-refractivity contribution in [3.8, 4) is 0 Å². The molecule has 0 aromatic heterocycles. The first-order valence-corrected chi connectivity index (χ1v) is 11.7. The van der Waals surface area contributed by atoms with Crippen LogP contribution in [0, 0.1) is 0 Å². The van der Waals surface area contributed by atoms with E-state index in [1.54, 1.807) is 55.7 Å². The zero-order chi connectivity index (χ0) is 25.6. The smallest absolute Gasteiger partial charge is 0.336 e. The van der Waals surface area contributed by atoms with Gasteiger partial charge in [0.15, 0.2) is 0 Å². The molecule has 0 radical (unpaired) electrons. The molecule has 2 aliphatic heterocycles. The van der Waals surface area contributed by atoms with Crippen LogP contribution in [0.2, 0.25) is 10.0 Å². The molecule has 0 saturated carbocycles. The monoisotopic (exact) mass is 511 g/mol. The van der Waals surface area contributed by atoms with Gasteiger partial charge in [-0.15, -0.1) is 0 Å². The standard InChI is InChI=1S/C19H21Cl2NO4.C5H10N2O/c1-5-25-18(23)14-10(3)22-11(4)15(19(24)26-6-2)16(14)12-8-7-9-13(20)17(12)21;1-6-3-4-7(2)5(6)8/h7-9,16,22H,5-6H2,1-4H3;3-4H2,1-2H3. The van der Waals surface area contributed by atoms with Crippen molar-refractivity contribution in [2.24, 2.45) is 0 Å². The van der Waals surface area contributed by atoms with E-state index in [4.69, 9.17) is 32.7 Å². The van der Waals surface area contributed by atoms with Crippen LogP contribution in [0.1, 0.15) is 39.2 Å². The van der Waals surface area contributed by atoms with E-state index >= 15 is 0 Å². The Bertz CT molecular complexity index is 970. The summed E-state index contributed by atoms with van der Waals surface area (Å²) >= 11 is 12.6. The second-order valence-corrected chi connectivity index (χ2v) is 8.63. The van der Waals surface area contributed by atoms with Crippen LogP contribution < -0.4 is 5.32 Å². The van der Waals surface area contributed by atoms with Crippen LogP contribution in [0.3, 0.4) is 0 Å². The molecule has 1 N–H and O–H groups in total. The Morgan fingerprint density at radius 1 is 0.971 bits per heavy atom. The van der Waals surface area contributed by atoms with Gasteiger partial charge in [0.25, 0.3) is 0 Å². The van der Waals surface area contributed by atoms with Crippen LogP contribution in [-0.4, -0.2) is 68.2 Å². The molecule has 0 spiro atoms. The van der Waals surface area contributed by atoms with Crippen molar-refractivity contribution < 1.29 is 23.9 Å². The third-order valence-electron chi connectivity index (χ3n) is 5.47. The molecule has 1 fully saturated rings. The van der Waals surface area contributed by atoms with Crippen LogP contribution >= 0.6 is 23.2 Å². The van der Waals surface area contributed by atoms with Crippen LogP contribution in [0.25, 0.3) is 0 Å². The molecule has 0 aliphatic carbocycles. The summed E-state index contributed by atoms with van der Waals surface area (Å²) in [4.78, 5) is 39.5. The lowest BCUT2D eigenvalue weighted by atomic mass is 9.80. The van der Waals surface area contributed by atoms with E-state index < -0.39 is 17.9 Å². The fourth-order valence-corrected chi connectivity index (χ4v) is 4.21. The third kappa shape index (κ3) is 6.04. The number of halogens is 2. The maximum atomic E-state index is 12.7. The zero-order valence-corrected chi connectivity index (χ0v) is 21.8. The van der Waals surface area contributed by atoms with Crippen molar-refractivity contribution in [2.75, 3.05) is 40.4 Å². The SMILES string of the molecule is CCOC(=O)C1=C(C)NC(C)=C(C(=O)OCC)C1c1cccc(Cl)c1Cl.CN1CCN(C)C1=O. The lowest BCUT2D eigenvalue weighted by Crippen LogP contribution is -2.32. The molecule has 186 valence electrons. The molecular weight excluding hydrogens is 481 g/mol.